The van der Waals surface area contributed by atoms with Crippen molar-refractivity contribution in [2.24, 2.45) is 17.8 Å². The van der Waals surface area contributed by atoms with Crippen LogP contribution in [-0.2, 0) is 19.1 Å². The van der Waals surface area contributed by atoms with E-state index in [0.29, 0.717) is 18.9 Å². The zero-order chi connectivity index (χ0) is 21.0. The summed E-state index contributed by atoms with van der Waals surface area (Å²) in [6.45, 7) is 15.0. The number of ether oxygens (including phenoxy) is 1. The molecule has 2 N–H and O–H groups in total. The molecular weight excluding hydrogens is 344 g/mol. The molecule has 0 aromatic heterocycles. The van der Waals surface area contributed by atoms with Gasteiger partial charge in [0, 0.05) is 6.42 Å². The lowest BCUT2D eigenvalue weighted by molar-refractivity contribution is -0.131. The maximum Gasteiger partial charge on any atom is 0.243 e. The highest BCUT2D eigenvalue weighted by Gasteiger charge is 2.32. The summed E-state index contributed by atoms with van der Waals surface area (Å²) >= 11 is 0. The number of unbranched alkanes of at least 4 members (excludes halogenated alkanes) is 1. The number of rotatable bonds is 11. The molecule has 0 aliphatic carbocycles. The van der Waals surface area contributed by atoms with E-state index in [9.17, 15) is 14.4 Å². The first-order valence-corrected chi connectivity index (χ1v) is 10.3. The summed E-state index contributed by atoms with van der Waals surface area (Å²) in [6, 6.07) is -0.611. The van der Waals surface area contributed by atoms with Crippen molar-refractivity contribution in [1.82, 2.24) is 10.6 Å². The summed E-state index contributed by atoms with van der Waals surface area (Å²) in [4.78, 5) is 35.7. The highest BCUT2D eigenvalue weighted by Crippen LogP contribution is 2.10. The largest absolute Gasteiger partial charge is 0.365 e. The van der Waals surface area contributed by atoms with Gasteiger partial charge in [0.2, 0.25) is 11.8 Å². The number of nitrogens with one attached hydrogen (secondary N) is 2. The van der Waals surface area contributed by atoms with Gasteiger partial charge in [-0.2, -0.15) is 0 Å². The molecule has 1 aliphatic heterocycles. The molecule has 6 nitrogen and oxygen atoms in total. The molecular formula is C21H40N2O4. The number of carbonyl (C=O) groups excluding carboxylic acids is 3. The summed E-state index contributed by atoms with van der Waals surface area (Å²) in [6.07, 6.45) is 3.02. The Morgan fingerprint density at radius 2 is 1.56 bits per heavy atom. The van der Waals surface area contributed by atoms with Gasteiger partial charge in [0.1, 0.15) is 12.1 Å². The predicted octanol–water partition coefficient (Wildman–Crippen LogP) is 3.09. The van der Waals surface area contributed by atoms with Crippen LogP contribution in [0.25, 0.3) is 0 Å². The molecule has 6 heteroatoms. The topological polar surface area (TPSA) is 87.8 Å². The molecule has 1 fully saturated rings. The third kappa shape index (κ3) is 14.3. The third-order valence-corrected chi connectivity index (χ3v) is 3.83. The summed E-state index contributed by atoms with van der Waals surface area (Å²) in [5.41, 5.74) is 0. The summed E-state index contributed by atoms with van der Waals surface area (Å²) in [5, 5.41) is 5.37. The lowest BCUT2D eigenvalue weighted by Gasteiger charge is -2.21. The molecule has 1 heterocycles. The number of epoxide rings is 1. The molecule has 0 aromatic carbocycles. The molecule has 1 rings (SSSR count). The SMILES string of the molecule is CC(C)C.CC(C)CCCCC(=O)NC(C(=O)NCC(=O)C1CO1)C(C)C. The number of amides is 2. The second kappa shape index (κ2) is 13.7. The quantitative estimate of drug-likeness (QED) is 0.423. The fraction of sp³-hybridized carbons (Fsp3) is 0.857. The monoisotopic (exact) mass is 384 g/mol. The molecule has 158 valence electrons. The van der Waals surface area contributed by atoms with Gasteiger partial charge < -0.3 is 15.4 Å². The molecule has 2 unspecified atom stereocenters. The van der Waals surface area contributed by atoms with E-state index in [0.717, 1.165) is 25.2 Å². The van der Waals surface area contributed by atoms with Gasteiger partial charge in [-0.1, -0.05) is 61.3 Å². The van der Waals surface area contributed by atoms with E-state index < -0.39 is 6.04 Å². The second-order valence-corrected chi connectivity index (χ2v) is 8.67. The maximum absolute atomic E-state index is 12.2. The standard InChI is InChI=1S/C17H30N2O4.C4H10/c1-11(2)7-5-6-8-15(21)19-16(12(3)4)17(22)18-9-13(20)14-10-23-14;1-4(2)3/h11-12,14,16H,5-10H2,1-4H3,(H,18,22)(H,19,21);4H,1-3H3. The maximum atomic E-state index is 12.2. The highest BCUT2D eigenvalue weighted by molar-refractivity contribution is 5.93. The fourth-order valence-electron chi connectivity index (χ4n) is 2.25. The van der Waals surface area contributed by atoms with Crippen molar-refractivity contribution in [2.45, 2.75) is 86.3 Å². The van der Waals surface area contributed by atoms with Crippen molar-refractivity contribution in [2.75, 3.05) is 13.2 Å². The lowest BCUT2D eigenvalue weighted by atomic mass is 10.0. The van der Waals surface area contributed by atoms with E-state index in [1.807, 2.05) is 13.8 Å². The second-order valence-electron chi connectivity index (χ2n) is 8.67. The van der Waals surface area contributed by atoms with Gasteiger partial charge in [0.05, 0.1) is 13.2 Å². The van der Waals surface area contributed by atoms with Gasteiger partial charge in [-0.25, -0.2) is 0 Å². The number of carbonyl (C=O) groups is 3. The van der Waals surface area contributed by atoms with Crippen LogP contribution in [0.4, 0.5) is 0 Å². The van der Waals surface area contributed by atoms with E-state index in [4.69, 9.17) is 4.74 Å². The smallest absolute Gasteiger partial charge is 0.243 e. The first kappa shape index (κ1) is 25.6. The first-order chi connectivity index (χ1) is 12.5. The van der Waals surface area contributed by atoms with Crippen molar-refractivity contribution < 1.29 is 19.1 Å². The van der Waals surface area contributed by atoms with Crippen LogP contribution in [0.5, 0.6) is 0 Å². The van der Waals surface area contributed by atoms with Gasteiger partial charge in [0.25, 0.3) is 0 Å². The Morgan fingerprint density at radius 1 is 1.00 bits per heavy atom. The fourth-order valence-corrected chi connectivity index (χ4v) is 2.25. The molecule has 0 aromatic rings. The van der Waals surface area contributed by atoms with E-state index >= 15 is 0 Å². The normalized spacial score (nSPS) is 16.6. The van der Waals surface area contributed by atoms with Gasteiger partial charge in [-0.05, 0) is 24.2 Å². The van der Waals surface area contributed by atoms with Crippen LogP contribution in [0.3, 0.4) is 0 Å². The molecule has 0 bridgehead atoms. The van der Waals surface area contributed by atoms with Crippen LogP contribution < -0.4 is 10.6 Å². The van der Waals surface area contributed by atoms with E-state index in [-0.39, 0.29) is 36.2 Å². The van der Waals surface area contributed by atoms with Crippen molar-refractivity contribution in [3.05, 3.63) is 0 Å². The predicted molar refractivity (Wildman–Crippen MR) is 108 cm³/mol. The molecule has 0 spiro atoms. The Morgan fingerprint density at radius 3 is 2.00 bits per heavy atom. The molecule has 2 atom stereocenters. The van der Waals surface area contributed by atoms with Crippen LogP contribution in [-0.4, -0.2) is 42.9 Å². The van der Waals surface area contributed by atoms with Gasteiger partial charge in [0.15, 0.2) is 5.78 Å². The molecule has 0 saturated carbocycles. The lowest BCUT2D eigenvalue weighted by Crippen LogP contribution is -2.50. The number of Topliss-reactive ketones (excluding diaryl/α,β-unsaturated/α-hetero) is 1. The van der Waals surface area contributed by atoms with Crippen LogP contribution in [0.2, 0.25) is 0 Å². The van der Waals surface area contributed by atoms with Gasteiger partial charge in [-0.3, -0.25) is 14.4 Å². The Hall–Kier alpha value is -1.43. The summed E-state index contributed by atoms with van der Waals surface area (Å²) < 4.78 is 4.88. The number of ketones is 1. The van der Waals surface area contributed by atoms with Crippen LogP contribution in [0, 0.1) is 17.8 Å². The zero-order valence-electron chi connectivity index (χ0n) is 18.3. The van der Waals surface area contributed by atoms with Crippen molar-refractivity contribution in [1.29, 1.82) is 0 Å². The molecule has 1 aliphatic rings. The Kier molecular flexibility index (Phi) is 13.0. The van der Waals surface area contributed by atoms with Crippen LogP contribution in [0.15, 0.2) is 0 Å². The van der Waals surface area contributed by atoms with Crippen LogP contribution >= 0.6 is 0 Å². The van der Waals surface area contributed by atoms with Gasteiger partial charge >= 0.3 is 0 Å². The average molecular weight is 385 g/mol. The summed E-state index contributed by atoms with van der Waals surface area (Å²) in [5.74, 6) is 0.881. The van der Waals surface area contributed by atoms with E-state index in [2.05, 4.69) is 45.3 Å². The Balaban J connectivity index is 0.00000153. The Bertz CT molecular complexity index is 454. The minimum atomic E-state index is -0.611. The molecule has 27 heavy (non-hydrogen) atoms. The minimum absolute atomic E-state index is 0.0399. The van der Waals surface area contributed by atoms with E-state index in [1.54, 1.807) is 0 Å². The van der Waals surface area contributed by atoms with Crippen molar-refractivity contribution in [3.8, 4) is 0 Å². The highest BCUT2D eigenvalue weighted by atomic mass is 16.6. The van der Waals surface area contributed by atoms with Crippen LogP contribution in [0.1, 0.15) is 74.1 Å². The van der Waals surface area contributed by atoms with Crippen molar-refractivity contribution in [3.63, 3.8) is 0 Å². The van der Waals surface area contributed by atoms with Crippen molar-refractivity contribution >= 4 is 17.6 Å². The van der Waals surface area contributed by atoms with E-state index in [1.165, 1.54) is 0 Å². The minimum Gasteiger partial charge on any atom is -0.365 e. The number of hydrogen-bond acceptors (Lipinski definition) is 4. The van der Waals surface area contributed by atoms with Gasteiger partial charge in [-0.15, -0.1) is 0 Å². The third-order valence-electron chi connectivity index (χ3n) is 3.83. The summed E-state index contributed by atoms with van der Waals surface area (Å²) in [7, 11) is 0. The average Bonchev–Trinajstić information content (AvgIpc) is 3.38. The zero-order valence-corrected chi connectivity index (χ0v) is 18.3. The first-order valence-electron chi connectivity index (χ1n) is 10.3. The number of hydrogen-bond donors (Lipinski definition) is 2. The molecule has 2 amide bonds. The Labute approximate surface area is 165 Å². The molecule has 0 radical (unpaired) electrons. The molecule has 1 saturated heterocycles.